The molecule has 2 rings (SSSR count). The molecule has 1 saturated carbocycles. The lowest BCUT2D eigenvalue weighted by atomic mass is 9.84. The summed E-state index contributed by atoms with van der Waals surface area (Å²) in [4.78, 5) is 12.0. The van der Waals surface area contributed by atoms with Crippen LogP contribution < -0.4 is 0 Å². The Labute approximate surface area is 128 Å². The first-order chi connectivity index (χ1) is 10.0. The molecule has 2 nitrogen and oxygen atoms in total. The Hall–Kier alpha value is -1.31. The summed E-state index contributed by atoms with van der Waals surface area (Å²) in [6.45, 7) is 6.26. The fourth-order valence-electron chi connectivity index (χ4n) is 2.81. The van der Waals surface area contributed by atoms with E-state index < -0.39 is 0 Å². The second kappa shape index (κ2) is 7.11. The summed E-state index contributed by atoms with van der Waals surface area (Å²) in [6, 6.07) is 8.64. The first-order valence-electron chi connectivity index (χ1n) is 8.29. The third kappa shape index (κ3) is 4.33. The van der Waals surface area contributed by atoms with Crippen molar-refractivity contribution < 1.29 is 9.53 Å². The number of carbonyl (C=O) groups is 1. The van der Waals surface area contributed by atoms with E-state index in [0.29, 0.717) is 6.61 Å². The molecule has 0 atom stereocenters. The van der Waals surface area contributed by atoms with Gasteiger partial charge in [0.2, 0.25) is 0 Å². The van der Waals surface area contributed by atoms with Crippen LogP contribution in [-0.2, 0) is 16.1 Å². The molecule has 0 unspecified atom stereocenters. The topological polar surface area (TPSA) is 26.3 Å². The van der Waals surface area contributed by atoms with Gasteiger partial charge >= 0.3 is 5.97 Å². The number of ether oxygens (including phenoxy) is 1. The molecule has 0 amide bonds. The van der Waals surface area contributed by atoms with Crippen molar-refractivity contribution in [1.29, 1.82) is 0 Å². The zero-order valence-electron chi connectivity index (χ0n) is 13.7. The van der Waals surface area contributed by atoms with Gasteiger partial charge in [-0.05, 0) is 50.2 Å². The minimum absolute atomic E-state index is 0.110. The van der Waals surface area contributed by atoms with Crippen molar-refractivity contribution in [1.82, 2.24) is 0 Å². The van der Waals surface area contributed by atoms with Crippen LogP contribution in [0.1, 0.15) is 76.3 Å². The zero-order valence-corrected chi connectivity index (χ0v) is 13.7. The Bertz CT molecular complexity index is 453. The summed E-state index contributed by atoms with van der Waals surface area (Å²) in [5.41, 5.74) is 2.13. The van der Waals surface area contributed by atoms with E-state index in [4.69, 9.17) is 4.74 Å². The third-order valence-corrected chi connectivity index (χ3v) is 4.86. The maximum atomic E-state index is 12.0. The molecule has 1 fully saturated rings. The van der Waals surface area contributed by atoms with Gasteiger partial charge in [-0.25, -0.2) is 0 Å². The minimum atomic E-state index is -0.387. The molecular weight excluding hydrogens is 260 g/mol. The van der Waals surface area contributed by atoms with Gasteiger partial charge < -0.3 is 4.74 Å². The van der Waals surface area contributed by atoms with E-state index in [1.54, 1.807) is 0 Å². The predicted octanol–water partition coefficient (Wildman–Crippen LogP) is 5.21. The van der Waals surface area contributed by atoms with Gasteiger partial charge in [0.15, 0.2) is 0 Å². The van der Waals surface area contributed by atoms with E-state index in [1.165, 1.54) is 37.7 Å². The Morgan fingerprint density at radius 1 is 1.14 bits per heavy atom. The summed E-state index contributed by atoms with van der Waals surface area (Å²) < 4.78 is 5.43. The van der Waals surface area contributed by atoms with Crippen molar-refractivity contribution in [3.05, 3.63) is 35.4 Å². The molecule has 1 aromatic rings. The zero-order chi connectivity index (χ0) is 15.3. The highest BCUT2D eigenvalue weighted by atomic mass is 16.5. The molecule has 0 N–H and O–H groups in total. The molecule has 1 aromatic carbocycles. The molecule has 1 aliphatic carbocycles. The van der Waals surface area contributed by atoms with Crippen molar-refractivity contribution in [2.45, 2.75) is 71.8 Å². The Kier molecular flexibility index (Phi) is 5.44. The lowest BCUT2D eigenvalue weighted by Crippen LogP contribution is -2.25. The van der Waals surface area contributed by atoms with Crippen molar-refractivity contribution in [3.8, 4) is 0 Å². The van der Waals surface area contributed by atoms with Crippen LogP contribution in [0.3, 0.4) is 0 Å². The molecule has 116 valence electrons. The van der Waals surface area contributed by atoms with E-state index in [0.717, 1.165) is 17.9 Å². The molecule has 0 radical (unpaired) electrons. The number of esters is 1. The Morgan fingerprint density at radius 3 is 2.33 bits per heavy atom. The largest absolute Gasteiger partial charge is 0.460 e. The summed E-state index contributed by atoms with van der Waals surface area (Å²) in [7, 11) is 0. The highest BCUT2D eigenvalue weighted by Crippen LogP contribution is 2.32. The van der Waals surface area contributed by atoms with Gasteiger partial charge in [-0.2, -0.15) is 0 Å². The highest BCUT2D eigenvalue weighted by Gasteiger charge is 2.26. The van der Waals surface area contributed by atoms with Crippen LogP contribution in [0, 0.1) is 5.41 Å². The van der Waals surface area contributed by atoms with Gasteiger partial charge in [-0.1, -0.05) is 50.5 Å². The van der Waals surface area contributed by atoms with Crippen molar-refractivity contribution in [2.24, 2.45) is 5.41 Å². The molecule has 21 heavy (non-hydrogen) atoms. The van der Waals surface area contributed by atoms with Gasteiger partial charge in [0.1, 0.15) is 6.61 Å². The van der Waals surface area contributed by atoms with E-state index >= 15 is 0 Å². The summed E-state index contributed by atoms with van der Waals surface area (Å²) in [5, 5.41) is 0. The van der Waals surface area contributed by atoms with Crippen molar-refractivity contribution in [3.63, 3.8) is 0 Å². The average Bonchev–Trinajstić information content (AvgIpc) is 2.54. The van der Waals surface area contributed by atoms with Crippen LogP contribution in [0.4, 0.5) is 0 Å². The minimum Gasteiger partial charge on any atom is -0.460 e. The van der Waals surface area contributed by atoms with Crippen molar-refractivity contribution in [2.75, 3.05) is 0 Å². The molecule has 2 heteroatoms. The van der Waals surface area contributed by atoms with Gasteiger partial charge in [-0.3, -0.25) is 4.79 Å². The number of benzene rings is 1. The van der Waals surface area contributed by atoms with E-state index in [2.05, 4.69) is 24.3 Å². The molecule has 0 bridgehead atoms. The normalized spacial score (nSPS) is 16.7. The monoisotopic (exact) mass is 288 g/mol. The van der Waals surface area contributed by atoms with E-state index in [-0.39, 0.29) is 11.4 Å². The predicted molar refractivity (Wildman–Crippen MR) is 86.1 cm³/mol. The molecule has 0 spiro atoms. The lowest BCUT2D eigenvalue weighted by molar-refractivity contribution is -0.155. The molecule has 0 heterocycles. The standard InChI is InChI=1S/C19H28O2/c1-4-19(2,3)18(20)21-14-15-10-12-17(13-11-15)16-8-6-5-7-9-16/h10-13,16H,4-9,14H2,1-3H3. The van der Waals surface area contributed by atoms with Crippen molar-refractivity contribution >= 4 is 5.97 Å². The van der Waals surface area contributed by atoms with Crippen LogP contribution >= 0.6 is 0 Å². The van der Waals surface area contributed by atoms with Crippen LogP contribution in [0.15, 0.2) is 24.3 Å². The average molecular weight is 288 g/mol. The Balaban J connectivity index is 1.89. The van der Waals surface area contributed by atoms with E-state index in [1.807, 2.05) is 20.8 Å². The fraction of sp³-hybridized carbons (Fsp3) is 0.632. The highest BCUT2D eigenvalue weighted by molar-refractivity contribution is 5.75. The quantitative estimate of drug-likeness (QED) is 0.695. The maximum absolute atomic E-state index is 12.0. The van der Waals surface area contributed by atoms with Crippen LogP contribution in [0.2, 0.25) is 0 Å². The fourth-order valence-corrected chi connectivity index (χ4v) is 2.81. The molecule has 0 aliphatic heterocycles. The second-order valence-corrected chi connectivity index (χ2v) is 6.89. The molecule has 0 saturated heterocycles. The molecule has 0 aromatic heterocycles. The van der Waals surface area contributed by atoms with Gasteiger partial charge in [-0.15, -0.1) is 0 Å². The smallest absolute Gasteiger partial charge is 0.311 e. The first-order valence-corrected chi connectivity index (χ1v) is 8.29. The molecule has 1 aliphatic rings. The number of hydrogen-bond acceptors (Lipinski definition) is 2. The van der Waals surface area contributed by atoms with Crippen LogP contribution in [-0.4, -0.2) is 5.97 Å². The summed E-state index contributed by atoms with van der Waals surface area (Å²) in [6.07, 6.45) is 7.54. The number of carbonyl (C=O) groups excluding carboxylic acids is 1. The SMILES string of the molecule is CCC(C)(C)C(=O)OCc1ccc(C2CCCCC2)cc1. The van der Waals surface area contributed by atoms with Gasteiger partial charge in [0, 0.05) is 0 Å². The van der Waals surface area contributed by atoms with Crippen LogP contribution in [0.25, 0.3) is 0 Å². The third-order valence-electron chi connectivity index (χ3n) is 4.86. The van der Waals surface area contributed by atoms with Gasteiger partial charge in [0.25, 0.3) is 0 Å². The first kappa shape index (κ1) is 16.1. The molecular formula is C19H28O2. The van der Waals surface area contributed by atoms with Gasteiger partial charge in [0.05, 0.1) is 5.41 Å². The number of rotatable bonds is 5. The van der Waals surface area contributed by atoms with E-state index in [9.17, 15) is 4.79 Å². The van der Waals surface area contributed by atoms with Crippen LogP contribution in [0.5, 0.6) is 0 Å². The number of hydrogen-bond donors (Lipinski definition) is 0. The summed E-state index contributed by atoms with van der Waals surface area (Å²) >= 11 is 0. The maximum Gasteiger partial charge on any atom is 0.311 e. The second-order valence-electron chi connectivity index (χ2n) is 6.89. The Morgan fingerprint density at radius 2 is 1.76 bits per heavy atom. The summed E-state index contributed by atoms with van der Waals surface area (Å²) in [5.74, 6) is 0.621. The lowest BCUT2D eigenvalue weighted by Gasteiger charge is -2.22.